The number of carbonyl (C=O) groups excluding carboxylic acids is 3. The van der Waals surface area contributed by atoms with Crippen molar-refractivity contribution in [3.05, 3.63) is 138 Å². The zero-order chi connectivity index (χ0) is 36.8. The van der Waals surface area contributed by atoms with E-state index in [0.29, 0.717) is 61.8 Å². The van der Waals surface area contributed by atoms with Crippen LogP contribution < -0.4 is 11.1 Å². The van der Waals surface area contributed by atoms with Gasteiger partial charge in [0.05, 0.1) is 20.1 Å². The highest BCUT2D eigenvalue weighted by Crippen LogP contribution is 2.44. The Hall–Kier alpha value is -3.82. The van der Waals surface area contributed by atoms with E-state index in [2.05, 4.69) is 29.6 Å². The summed E-state index contributed by atoms with van der Waals surface area (Å²) in [6.07, 6.45) is 5.30. The van der Waals surface area contributed by atoms with E-state index in [9.17, 15) is 14.4 Å². The fourth-order valence-electron chi connectivity index (χ4n) is 6.73. The summed E-state index contributed by atoms with van der Waals surface area (Å²) in [6, 6.07) is 25.4. The minimum Gasteiger partial charge on any atom is -0.449 e. The first-order chi connectivity index (χ1) is 25.1. The van der Waals surface area contributed by atoms with Gasteiger partial charge in [0.2, 0.25) is 5.91 Å². The van der Waals surface area contributed by atoms with Gasteiger partial charge in [0.15, 0.2) is 5.78 Å². The molecule has 0 saturated carbocycles. The van der Waals surface area contributed by atoms with Crippen molar-refractivity contribution in [2.45, 2.75) is 37.6 Å². The number of amides is 2. The van der Waals surface area contributed by atoms with Crippen LogP contribution in [0.3, 0.4) is 0 Å². The molecule has 4 aromatic rings. The molecule has 6 rings (SSSR count). The molecule has 53 heavy (non-hydrogen) atoms. The number of ether oxygens (including phenoxy) is 1. The van der Waals surface area contributed by atoms with Crippen molar-refractivity contribution in [1.82, 2.24) is 10.2 Å². The highest BCUT2D eigenvalue weighted by atomic mass is 35.5. The highest BCUT2D eigenvalue weighted by Gasteiger charge is 2.34. The molecule has 1 heterocycles. The number of fused-ring (bicyclic) bond motifs is 3. The van der Waals surface area contributed by atoms with Crippen molar-refractivity contribution < 1.29 is 19.1 Å². The van der Waals surface area contributed by atoms with E-state index in [4.69, 9.17) is 56.9 Å². The molecule has 4 aromatic carbocycles. The summed E-state index contributed by atoms with van der Waals surface area (Å²) in [6.45, 7) is 0.669. The van der Waals surface area contributed by atoms with E-state index in [1.165, 1.54) is 0 Å². The summed E-state index contributed by atoms with van der Waals surface area (Å²) in [5.74, 6) is -0.702. The molecule has 1 aliphatic heterocycles. The van der Waals surface area contributed by atoms with Crippen molar-refractivity contribution in [2.75, 3.05) is 26.2 Å². The van der Waals surface area contributed by atoms with Crippen molar-refractivity contribution in [3.63, 3.8) is 0 Å². The number of nitrogens with zero attached hydrogens (tertiary/aromatic N) is 1. The average molecular weight is 814 g/mol. The van der Waals surface area contributed by atoms with Crippen LogP contribution in [0.25, 0.3) is 23.3 Å². The van der Waals surface area contributed by atoms with Crippen LogP contribution >= 0.6 is 58.8 Å². The van der Waals surface area contributed by atoms with E-state index in [-0.39, 0.29) is 49.7 Å². The third-order valence-electron chi connectivity index (χ3n) is 9.32. The molecule has 1 fully saturated rings. The lowest BCUT2D eigenvalue weighted by atomic mass is 9.93. The predicted molar refractivity (Wildman–Crippen MR) is 217 cm³/mol. The molecule has 276 valence electrons. The van der Waals surface area contributed by atoms with Gasteiger partial charge >= 0.3 is 6.09 Å². The first-order valence-electron chi connectivity index (χ1n) is 17.1. The summed E-state index contributed by atoms with van der Waals surface area (Å²) in [4.78, 5) is 43.3. The number of carbonyl (C=O) groups is 3. The summed E-state index contributed by atoms with van der Waals surface area (Å²) in [5.41, 5.74) is 12.2. The van der Waals surface area contributed by atoms with Gasteiger partial charge in [0, 0.05) is 30.2 Å². The van der Waals surface area contributed by atoms with E-state index in [0.717, 1.165) is 35.1 Å². The standard InChI is InChI=1S/C41H37Cl4N3O4.ClH/c42-34-15-13-25(20-36(34)44)18-27-22-48(23-28(39(27)49)19-26-14-16-35(43)37(45)21-26)40(50)38(12-2-1-7-17-46)47-41(51)52-24-33-31-10-5-3-8-29(31)30-9-4-6-11-32(30)33;/h3-6,8-11,13-16,18-21,33,38H,1-2,7,12,17,22-24,46H2,(H,47,51);1H/b27-18+,28-19+;/t38-;/m0./s1. The second-order valence-electron chi connectivity index (χ2n) is 12.9. The van der Waals surface area contributed by atoms with Crippen LogP contribution in [-0.2, 0) is 14.3 Å². The number of nitrogens with one attached hydrogen (secondary N) is 1. The lowest BCUT2D eigenvalue weighted by Gasteiger charge is -2.33. The number of likely N-dealkylation sites (tertiary alicyclic amines) is 1. The Morgan fingerprint density at radius 2 is 1.30 bits per heavy atom. The van der Waals surface area contributed by atoms with Gasteiger partial charge in [-0.25, -0.2) is 4.79 Å². The Bertz CT molecular complexity index is 1950. The Kier molecular flexibility index (Phi) is 14.1. The van der Waals surface area contributed by atoms with Crippen LogP contribution in [0.2, 0.25) is 20.1 Å². The number of hydrogen-bond acceptors (Lipinski definition) is 5. The third kappa shape index (κ3) is 9.65. The molecule has 2 aliphatic rings. The zero-order valence-corrected chi connectivity index (χ0v) is 32.5. The fourth-order valence-corrected chi connectivity index (χ4v) is 7.34. The minimum absolute atomic E-state index is 0. The summed E-state index contributed by atoms with van der Waals surface area (Å²) < 4.78 is 5.83. The molecule has 0 bridgehead atoms. The number of Topliss-reactive ketones (excluding diaryl/α,β-unsaturated/α-hetero) is 1. The summed E-state index contributed by atoms with van der Waals surface area (Å²) >= 11 is 24.9. The van der Waals surface area contributed by atoms with Crippen LogP contribution in [0, 0.1) is 0 Å². The largest absolute Gasteiger partial charge is 0.449 e. The lowest BCUT2D eigenvalue weighted by Crippen LogP contribution is -2.52. The van der Waals surface area contributed by atoms with Gasteiger partial charge in [-0.1, -0.05) is 120 Å². The monoisotopic (exact) mass is 811 g/mol. The topological polar surface area (TPSA) is 102 Å². The maximum absolute atomic E-state index is 14.4. The number of ketones is 1. The van der Waals surface area contributed by atoms with Crippen molar-refractivity contribution in [3.8, 4) is 11.1 Å². The van der Waals surface area contributed by atoms with Gasteiger partial charge in [-0.2, -0.15) is 0 Å². The number of halogens is 5. The van der Waals surface area contributed by atoms with Gasteiger partial charge in [-0.15, -0.1) is 12.4 Å². The normalized spacial score (nSPS) is 15.9. The molecule has 7 nitrogen and oxygen atoms in total. The van der Waals surface area contributed by atoms with Crippen LogP contribution in [0.4, 0.5) is 4.79 Å². The first kappa shape index (κ1) is 40.4. The molecule has 1 atom stereocenters. The van der Waals surface area contributed by atoms with Crippen LogP contribution in [0.1, 0.15) is 53.9 Å². The predicted octanol–water partition coefficient (Wildman–Crippen LogP) is 10.0. The smallest absolute Gasteiger partial charge is 0.407 e. The van der Waals surface area contributed by atoms with Crippen molar-refractivity contribution in [2.24, 2.45) is 5.73 Å². The third-order valence-corrected chi connectivity index (χ3v) is 10.8. The lowest BCUT2D eigenvalue weighted by molar-refractivity contribution is -0.133. The molecule has 1 saturated heterocycles. The second-order valence-corrected chi connectivity index (χ2v) is 14.5. The molecule has 12 heteroatoms. The number of piperidine rings is 1. The summed E-state index contributed by atoms with van der Waals surface area (Å²) in [5, 5.41) is 4.30. The molecular weight excluding hydrogens is 776 g/mol. The van der Waals surface area contributed by atoms with Crippen LogP contribution in [-0.4, -0.2) is 55.0 Å². The molecule has 3 N–H and O–H groups in total. The molecule has 1 aliphatic carbocycles. The number of unbranched alkanes of at least 4 members (excludes halogenated alkanes) is 2. The van der Waals surface area contributed by atoms with Gasteiger partial charge < -0.3 is 20.7 Å². The first-order valence-corrected chi connectivity index (χ1v) is 18.6. The molecular formula is C41H38Cl5N3O4. The van der Waals surface area contributed by atoms with Gasteiger partial charge in [-0.3, -0.25) is 9.59 Å². The summed E-state index contributed by atoms with van der Waals surface area (Å²) in [7, 11) is 0. The van der Waals surface area contributed by atoms with E-state index in [1.807, 2.05) is 24.3 Å². The number of alkyl carbamates (subject to hydrolysis) is 1. The van der Waals surface area contributed by atoms with E-state index < -0.39 is 12.1 Å². The molecule has 2 amide bonds. The quantitative estimate of drug-likeness (QED) is 0.116. The van der Waals surface area contributed by atoms with Gasteiger partial charge in [0.1, 0.15) is 12.6 Å². The van der Waals surface area contributed by atoms with Crippen LogP contribution in [0.5, 0.6) is 0 Å². The zero-order valence-electron chi connectivity index (χ0n) is 28.6. The Morgan fingerprint density at radius 1 is 0.774 bits per heavy atom. The van der Waals surface area contributed by atoms with Gasteiger partial charge in [0.25, 0.3) is 0 Å². The second kappa shape index (κ2) is 18.5. The Labute approximate surface area is 335 Å². The van der Waals surface area contributed by atoms with E-state index >= 15 is 0 Å². The fraction of sp³-hybridized carbons (Fsp3) is 0.244. The molecule has 0 spiro atoms. The molecule has 0 unspecified atom stereocenters. The molecule has 0 radical (unpaired) electrons. The minimum atomic E-state index is -0.904. The molecule has 0 aromatic heterocycles. The Balaban J connectivity index is 0.00000541. The highest BCUT2D eigenvalue weighted by molar-refractivity contribution is 6.42. The number of rotatable bonds is 11. The Morgan fingerprint density at radius 3 is 1.81 bits per heavy atom. The number of hydrogen-bond donors (Lipinski definition) is 2. The number of nitrogens with two attached hydrogens (primary N) is 1. The van der Waals surface area contributed by atoms with E-state index in [1.54, 1.807) is 53.5 Å². The van der Waals surface area contributed by atoms with Crippen molar-refractivity contribution in [1.29, 1.82) is 0 Å². The average Bonchev–Trinajstić information content (AvgIpc) is 3.46. The van der Waals surface area contributed by atoms with Crippen LogP contribution in [0.15, 0.2) is 96.1 Å². The SMILES string of the molecule is Cl.NCCCCC[C@H](NC(=O)OCC1c2ccccc2-c2ccccc21)C(=O)N1C/C(=C\c2ccc(Cl)c(Cl)c2)C(=O)/C(=C/c2ccc(Cl)c(Cl)c2)C1. The van der Waals surface area contributed by atoms with Gasteiger partial charge in [-0.05, 0) is 89.2 Å². The maximum atomic E-state index is 14.4. The number of benzene rings is 4. The van der Waals surface area contributed by atoms with Crippen molar-refractivity contribution >= 4 is 88.7 Å². The maximum Gasteiger partial charge on any atom is 0.407 e.